The predicted molar refractivity (Wildman–Crippen MR) is 106 cm³/mol. The number of ether oxygens (including phenoxy) is 1. The number of rotatable bonds is 5. The molecule has 0 aliphatic heterocycles. The van der Waals surface area contributed by atoms with Gasteiger partial charge in [0.15, 0.2) is 5.75 Å². The molecule has 6 nitrogen and oxygen atoms in total. The fourth-order valence-electron chi connectivity index (χ4n) is 2.68. The smallest absolute Gasteiger partial charge is 0.336 e. The molecule has 0 fully saturated rings. The second-order valence-electron chi connectivity index (χ2n) is 5.97. The van der Waals surface area contributed by atoms with Crippen molar-refractivity contribution in [3.8, 4) is 11.5 Å². The van der Waals surface area contributed by atoms with Gasteiger partial charge in [-0.15, -0.1) is 0 Å². The first-order valence-electron chi connectivity index (χ1n) is 8.40. The third-order valence-electron chi connectivity index (χ3n) is 4.00. The fourth-order valence-corrected chi connectivity index (χ4v) is 3.78. The van der Waals surface area contributed by atoms with Gasteiger partial charge in [-0.25, -0.2) is 13.2 Å². The molecule has 4 aromatic rings. The Morgan fingerprint density at radius 3 is 2.39 bits per heavy atom. The van der Waals surface area contributed by atoms with Crippen molar-refractivity contribution in [3.05, 3.63) is 95.3 Å². The lowest BCUT2D eigenvalue weighted by Gasteiger charge is -2.13. The SMILES string of the molecule is O=c1ccc2cc(S(=O)(=O)Nc3ccccc3Oc3ccccc3)ccc2o1. The van der Waals surface area contributed by atoms with Crippen molar-refractivity contribution in [2.45, 2.75) is 4.90 Å². The molecule has 0 saturated heterocycles. The number of nitrogens with one attached hydrogen (secondary N) is 1. The van der Waals surface area contributed by atoms with E-state index in [0.717, 1.165) is 0 Å². The van der Waals surface area contributed by atoms with Crippen LogP contribution in [0.1, 0.15) is 0 Å². The van der Waals surface area contributed by atoms with Crippen molar-refractivity contribution in [3.63, 3.8) is 0 Å². The second kappa shape index (κ2) is 7.21. The van der Waals surface area contributed by atoms with Crippen LogP contribution in [0.15, 0.2) is 99.0 Å². The Hall–Kier alpha value is -3.58. The molecule has 28 heavy (non-hydrogen) atoms. The second-order valence-corrected chi connectivity index (χ2v) is 7.65. The van der Waals surface area contributed by atoms with E-state index in [0.29, 0.717) is 28.2 Å². The van der Waals surface area contributed by atoms with Crippen LogP contribution in [0.25, 0.3) is 11.0 Å². The maximum Gasteiger partial charge on any atom is 0.336 e. The maximum absolute atomic E-state index is 12.9. The number of hydrogen-bond acceptors (Lipinski definition) is 5. The summed E-state index contributed by atoms with van der Waals surface area (Å²) in [7, 11) is -3.88. The predicted octanol–water partition coefficient (Wildman–Crippen LogP) is 4.39. The van der Waals surface area contributed by atoms with Gasteiger partial charge in [0.1, 0.15) is 11.3 Å². The number of para-hydroxylation sites is 3. The van der Waals surface area contributed by atoms with Crippen molar-refractivity contribution >= 4 is 26.7 Å². The molecule has 0 amide bonds. The van der Waals surface area contributed by atoms with Crippen molar-refractivity contribution in [2.24, 2.45) is 0 Å². The quantitative estimate of drug-likeness (QED) is 0.509. The van der Waals surface area contributed by atoms with Gasteiger partial charge in [0, 0.05) is 11.5 Å². The van der Waals surface area contributed by atoms with Crippen molar-refractivity contribution in [1.82, 2.24) is 0 Å². The van der Waals surface area contributed by atoms with E-state index in [-0.39, 0.29) is 4.90 Å². The Balaban J connectivity index is 1.67. The molecule has 1 aromatic heterocycles. The summed E-state index contributed by atoms with van der Waals surface area (Å²) in [6, 6.07) is 22.9. The van der Waals surface area contributed by atoms with Gasteiger partial charge < -0.3 is 9.15 Å². The summed E-state index contributed by atoms with van der Waals surface area (Å²) >= 11 is 0. The molecule has 0 unspecified atom stereocenters. The third-order valence-corrected chi connectivity index (χ3v) is 5.37. The molecule has 0 radical (unpaired) electrons. The molecular weight excluding hydrogens is 378 g/mol. The summed E-state index contributed by atoms with van der Waals surface area (Å²) in [6.45, 7) is 0. The Bertz CT molecular complexity index is 1300. The molecule has 1 heterocycles. The van der Waals surface area contributed by atoms with E-state index in [1.54, 1.807) is 36.4 Å². The van der Waals surface area contributed by atoms with E-state index in [1.165, 1.54) is 30.3 Å². The molecule has 7 heteroatoms. The van der Waals surface area contributed by atoms with Crippen LogP contribution in [-0.2, 0) is 10.0 Å². The first kappa shape index (κ1) is 17.8. The highest BCUT2D eigenvalue weighted by atomic mass is 32.2. The van der Waals surface area contributed by atoms with Gasteiger partial charge in [0.05, 0.1) is 10.6 Å². The topological polar surface area (TPSA) is 85.6 Å². The minimum Gasteiger partial charge on any atom is -0.455 e. The molecule has 4 rings (SSSR count). The highest BCUT2D eigenvalue weighted by Crippen LogP contribution is 2.31. The average Bonchev–Trinajstić information content (AvgIpc) is 2.69. The van der Waals surface area contributed by atoms with E-state index in [4.69, 9.17) is 9.15 Å². The number of benzene rings is 3. The van der Waals surface area contributed by atoms with Crippen molar-refractivity contribution < 1.29 is 17.6 Å². The van der Waals surface area contributed by atoms with E-state index >= 15 is 0 Å². The molecular formula is C21H15NO5S. The van der Waals surface area contributed by atoms with Crippen LogP contribution in [0.4, 0.5) is 5.69 Å². The van der Waals surface area contributed by atoms with E-state index in [9.17, 15) is 13.2 Å². The van der Waals surface area contributed by atoms with Crippen LogP contribution in [0.3, 0.4) is 0 Å². The maximum atomic E-state index is 12.9. The van der Waals surface area contributed by atoms with Gasteiger partial charge in [-0.2, -0.15) is 0 Å². The van der Waals surface area contributed by atoms with Crippen LogP contribution in [-0.4, -0.2) is 8.42 Å². The zero-order valence-electron chi connectivity index (χ0n) is 14.5. The van der Waals surface area contributed by atoms with Gasteiger partial charge >= 0.3 is 5.63 Å². The molecule has 0 atom stereocenters. The summed E-state index contributed by atoms with van der Waals surface area (Å²) in [6.07, 6.45) is 0. The minimum absolute atomic E-state index is 0.0448. The largest absolute Gasteiger partial charge is 0.455 e. The fraction of sp³-hybridized carbons (Fsp3) is 0. The molecule has 0 aliphatic rings. The molecule has 0 spiro atoms. The van der Waals surface area contributed by atoms with Crippen LogP contribution in [0.5, 0.6) is 11.5 Å². The minimum atomic E-state index is -3.88. The highest BCUT2D eigenvalue weighted by molar-refractivity contribution is 7.92. The summed E-state index contributed by atoms with van der Waals surface area (Å²) in [5, 5.41) is 0.510. The van der Waals surface area contributed by atoms with Gasteiger partial charge in [0.25, 0.3) is 10.0 Å². The van der Waals surface area contributed by atoms with Gasteiger partial charge in [-0.1, -0.05) is 30.3 Å². The number of hydrogen-bond donors (Lipinski definition) is 1. The van der Waals surface area contributed by atoms with Crippen LogP contribution in [0, 0.1) is 0 Å². The monoisotopic (exact) mass is 393 g/mol. The van der Waals surface area contributed by atoms with E-state index < -0.39 is 15.6 Å². The lowest BCUT2D eigenvalue weighted by atomic mass is 10.2. The van der Waals surface area contributed by atoms with E-state index in [1.807, 2.05) is 18.2 Å². The Kier molecular flexibility index (Phi) is 4.58. The Morgan fingerprint density at radius 2 is 1.57 bits per heavy atom. The van der Waals surface area contributed by atoms with Crippen molar-refractivity contribution in [1.29, 1.82) is 0 Å². The highest BCUT2D eigenvalue weighted by Gasteiger charge is 2.17. The van der Waals surface area contributed by atoms with Crippen molar-refractivity contribution in [2.75, 3.05) is 4.72 Å². The molecule has 3 aromatic carbocycles. The van der Waals surface area contributed by atoms with E-state index in [2.05, 4.69) is 4.72 Å². The van der Waals surface area contributed by atoms with Gasteiger partial charge in [-0.05, 0) is 48.5 Å². The molecule has 140 valence electrons. The molecule has 0 bridgehead atoms. The molecule has 0 saturated carbocycles. The third kappa shape index (κ3) is 3.74. The normalized spacial score (nSPS) is 11.3. The standard InChI is InChI=1S/C21H15NO5S/c23-21-13-10-15-14-17(11-12-19(15)27-21)28(24,25)22-18-8-4-5-9-20(18)26-16-6-2-1-3-7-16/h1-14,22H. The Morgan fingerprint density at radius 1 is 0.821 bits per heavy atom. The first-order chi connectivity index (χ1) is 13.5. The van der Waals surface area contributed by atoms with Crippen LogP contribution >= 0.6 is 0 Å². The summed E-state index contributed by atoms with van der Waals surface area (Å²) < 4.78 is 39.1. The van der Waals surface area contributed by atoms with Crippen LogP contribution in [0.2, 0.25) is 0 Å². The molecule has 0 aliphatic carbocycles. The average molecular weight is 393 g/mol. The molecule has 1 N–H and O–H groups in total. The lowest BCUT2D eigenvalue weighted by molar-refractivity contribution is 0.485. The zero-order valence-corrected chi connectivity index (χ0v) is 15.3. The first-order valence-corrected chi connectivity index (χ1v) is 9.88. The number of fused-ring (bicyclic) bond motifs is 1. The Labute approximate surface area is 161 Å². The van der Waals surface area contributed by atoms with Gasteiger partial charge in [0.2, 0.25) is 0 Å². The zero-order chi connectivity index (χ0) is 19.6. The van der Waals surface area contributed by atoms with Crippen LogP contribution < -0.4 is 15.1 Å². The summed E-state index contributed by atoms with van der Waals surface area (Å²) in [4.78, 5) is 11.3. The number of anilines is 1. The van der Waals surface area contributed by atoms with Gasteiger partial charge in [-0.3, -0.25) is 4.72 Å². The lowest BCUT2D eigenvalue weighted by Crippen LogP contribution is -2.13. The number of sulfonamides is 1. The summed E-state index contributed by atoms with van der Waals surface area (Å²) in [5.41, 5.74) is 0.138. The summed E-state index contributed by atoms with van der Waals surface area (Å²) in [5.74, 6) is 0.971.